The summed E-state index contributed by atoms with van der Waals surface area (Å²) in [4.78, 5) is 29.3. The Morgan fingerprint density at radius 2 is 2.08 bits per heavy atom. The summed E-state index contributed by atoms with van der Waals surface area (Å²) in [5.41, 5.74) is 2.59. The maximum atomic E-state index is 12.5. The fourth-order valence-electron chi connectivity index (χ4n) is 2.58. The summed E-state index contributed by atoms with van der Waals surface area (Å²) in [6.07, 6.45) is 0.856. The first kappa shape index (κ1) is 17.7. The van der Waals surface area contributed by atoms with Crippen molar-refractivity contribution in [3.8, 4) is 0 Å². The SMILES string of the molecule is CCc1ccccc1NC(=O)CSc1nc2ccsc2c(=O)n1CC. The van der Waals surface area contributed by atoms with Gasteiger partial charge in [-0.1, -0.05) is 36.9 Å². The van der Waals surface area contributed by atoms with Crippen molar-refractivity contribution in [2.24, 2.45) is 0 Å². The van der Waals surface area contributed by atoms with Gasteiger partial charge in [-0.3, -0.25) is 14.2 Å². The van der Waals surface area contributed by atoms with Crippen LogP contribution in [0.25, 0.3) is 10.2 Å². The highest BCUT2D eigenvalue weighted by molar-refractivity contribution is 7.99. The predicted octanol–water partition coefficient (Wildman–Crippen LogP) is 3.77. The number of thiophene rings is 1. The summed E-state index contributed by atoms with van der Waals surface area (Å²) in [7, 11) is 0. The predicted molar refractivity (Wildman–Crippen MR) is 105 cm³/mol. The molecule has 1 amide bonds. The molecule has 2 heterocycles. The van der Waals surface area contributed by atoms with E-state index in [-0.39, 0.29) is 17.2 Å². The number of nitrogens with zero attached hydrogens (tertiary/aromatic N) is 2. The number of carbonyl (C=O) groups is 1. The number of thioether (sulfide) groups is 1. The third-order valence-corrected chi connectivity index (χ3v) is 5.72. The van der Waals surface area contributed by atoms with Crippen LogP contribution in [-0.4, -0.2) is 21.2 Å². The van der Waals surface area contributed by atoms with Gasteiger partial charge in [0.2, 0.25) is 5.91 Å². The van der Waals surface area contributed by atoms with Crippen LogP contribution in [0.5, 0.6) is 0 Å². The molecular weight excluding hydrogens is 354 g/mol. The molecular formula is C18H19N3O2S2. The van der Waals surface area contributed by atoms with Crippen LogP contribution in [0.3, 0.4) is 0 Å². The quantitative estimate of drug-likeness (QED) is 0.528. The molecule has 0 aliphatic carbocycles. The number of para-hydroxylation sites is 1. The van der Waals surface area contributed by atoms with Gasteiger partial charge >= 0.3 is 0 Å². The zero-order valence-corrected chi connectivity index (χ0v) is 15.7. The minimum atomic E-state index is -0.104. The van der Waals surface area contributed by atoms with E-state index in [1.807, 2.05) is 42.6 Å². The first-order valence-corrected chi connectivity index (χ1v) is 9.99. The summed E-state index contributed by atoms with van der Waals surface area (Å²) in [5.74, 6) is 0.105. The van der Waals surface area contributed by atoms with Crippen molar-refractivity contribution >= 4 is 44.9 Å². The van der Waals surface area contributed by atoms with Crippen LogP contribution in [0.15, 0.2) is 45.7 Å². The number of rotatable bonds is 6. The van der Waals surface area contributed by atoms with Crippen LogP contribution < -0.4 is 10.9 Å². The van der Waals surface area contributed by atoms with Crippen molar-refractivity contribution in [1.82, 2.24) is 9.55 Å². The molecule has 0 saturated carbocycles. The van der Waals surface area contributed by atoms with E-state index in [9.17, 15) is 9.59 Å². The maximum absolute atomic E-state index is 12.5. The minimum absolute atomic E-state index is 0.0401. The first-order chi connectivity index (χ1) is 12.1. The van der Waals surface area contributed by atoms with Gasteiger partial charge in [0, 0.05) is 12.2 Å². The van der Waals surface area contributed by atoms with Crippen molar-refractivity contribution in [2.45, 2.75) is 32.0 Å². The van der Waals surface area contributed by atoms with Gasteiger partial charge in [0.15, 0.2) is 5.16 Å². The number of carbonyl (C=O) groups excluding carboxylic acids is 1. The molecule has 25 heavy (non-hydrogen) atoms. The summed E-state index contributed by atoms with van der Waals surface area (Å²) in [6.45, 7) is 4.49. The third-order valence-electron chi connectivity index (χ3n) is 3.85. The van der Waals surface area contributed by atoms with Crippen molar-refractivity contribution in [3.63, 3.8) is 0 Å². The molecule has 0 saturated heterocycles. The molecule has 0 bridgehead atoms. The molecule has 0 spiro atoms. The molecule has 7 heteroatoms. The largest absolute Gasteiger partial charge is 0.325 e. The Kier molecular flexibility index (Phi) is 5.55. The van der Waals surface area contributed by atoms with Crippen LogP contribution in [0, 0.1) is 0 Å². The van der Waals surface area contributed by atoms with E-state index in [2.05, 4.69) is 17.2 Å². The topological polar surface area (TPSA) is 64.0 Å². The summed E-state index contributed by atoms with van der Waals surface area (Å²) in [5, 5.41) is 5.39. The number of nitrogens with one attached hydrogen (secondary N) is 1. The summed E-state index contributed by atoms with van der Waals surface area (Å²) >= 11 is 2.69. The van der Waals surface area contributed by atoms with E-state index >= 15 is 0 Å². The second-order valence-electron chi connectivity index (χ2n) is 5.43. The van der Waals surface area contributed by atoms with Crippen molar-refractivity contribution in [2.75, 3.05) is 11.1 Å². The minimum Gasteiger partial charge on any atom is -0.325 e. The van der Waals surface area contributed by atoms with Gasteiger partial charge < -0.3 is 5.32 Å². The normalized spacial score (nSPS) is 11.0. The highest BCUT2D eigenvalue weighted by atomic mass is 32.2. The highest BCUT2D eigenvalue weighted by Gasteiger charge is 2.13. The molecule has 5 nitrogen and oxygen atoms in total. The van der Waals surface area contributed by atoms with E-state index in [4.69, 9.17) is 0 Å². The number of amides is 1. The fraction of sp³-hybridized carbons (Fsp3) is 0.278. The Morgan fingerprint density at radius 3 is 2.84 bits per heavy atom. The molecule has 0 aliphatic rings. The Balaban J connectivity index is 1.76. The average molecular weight is 374 g/mol. The number of hydrogen-bond donors (Lipinski definition) is 1. The van der Waals surface area contributed by atoms with E-state index in [0.717, 1.165) is 17.7 Å². The number of hydrogen-bond acceptors (Lipinski definition) is 5. The molecule has 0 radical (unpaired) electrons. The van der Waals surface area contributed by atoms with E-state index in [0.29, 0.717) is 21.9 Å². The lowest BCUT2D eigenvalue weighted by atomic mass is 10.1. The van der Waals surface area contributed by atoms with Crippen LogP contribution in [-0.2, 0) is 17.8 Å². The fourth-order valence-corrected chi connectivity index (χ4v) is 4.22. The molecule has 0 atom stereocenters. The van der Waals surface area contributed by atoms with Gasteiger partial charge in [-0.25, -0.2) is 4.98 Å². The molecule has 0 aliphatic heterocycles. The standard InChI is InChI=1S/C18H19N3O2S2/c1-3-12-7-5-6-8-13(12)19-15(22)11-25-18-20-14-9-10-24-16(14)17(23)21(18)4-2/h5-10H,3-4,11H2,1-2H3,(H,19,22). The van der Waals surface area contributed by atoms with E-state index in [1.54, 1.807) is 4.57 Å². The van der Waals surface area contributed by atoms with Crippen LogP contribution in [0.1, 0.15) is 19.4 Å². The van der Waals surface area contributed by atoms with Crippen LogP contribution >= 0.6 is 23.1 Å². The van der Waals surface area contributed by atoms with Gasteiger partial charge in [-0.05, 0) is 36.4 Å². The zero-order valence-electron chi connectivity index (χ0n) is 14.1. The highest BCUT2D eigenvalue weighted by Crippen LogP contribution is 2.21. The Labute approximate surface area is 154 Å². The van der Waals surface area contributed by atoms with Crippen molar-refractivity contribution in [3.05, 3.63) is 51.6 Å². The molecule has 0 unspecified atom stereocenters. The third kappa shape index (κ3) is 3.77. The average Bonchev–Trinajstić information content (AvgIpc) is 3.09. The lowest BCUT2D eigenvalue weighted by Gasteiger charge is -2.11. The number of aryl methyl sites for hydroxylation is 1. The van der Waals surface area contributed by atoms with Gasteiger partial charge in [-0.2, -0.15) is 0 Å². The molecule has 1 N–H and O–H groups in total. The van der Waals surface area contributed by atoms with Gasteiger partial charge in [0.1, 0.15) is 4.70 Å². The van der Waals surface area contributed by atoms with Crippen LogP contribution in [0.2, 0.25) is 0 Å². The van der Waals surface area contributed by atoms with Crippen LogP contribution in [0.4, 0.5) is 5.69 Å². The van der Waals surface area contributed by atoms with E-state index in [1.165, 1.54) is 23.1 Å². The molecule has 3 aromatic rings. The maximum Gasteiger partial charge on any atom is 0.272 e. The second kappa shape index (κ2) is 7.84. The molecule has 3 rings (SSSR count). The Morgan fingerprint density at radius 1 is 1.28 bits per heavy atom. The van der Waals surface area contributed by atoms with Gasteiger partial charge in [0.05, 0.1) is 11.3 Å². The second-order valence-corrected chi connectivity index (χ2v) is 7.28. The number of anilines is 1. The summed E-state index contributed by atoms with van der Waals surface area (Å²) < 4.78 is 2.28. The van der Waals surface area contributed by atoms with Gasteiger partial charge in [0.25, 0.3) is 5.56 Å². The zero-order chi connectivity index (χ0) is 17.8. The monoisotopic (exact) mass is 373 g/mol. The van der Waals surface area contributed by atoms with E-state index < -0.39 is 0 Å². The molecule has 1 aromatic carbocycles. The number of aromatic nitrogens is 2. The molecule has 130 valence electrons. The lowest BCUT2D eigenvalue weighted by molar-refractivity contribution is -0.113. The van der Waals surface area contributed by atoms with Gasteiger partial charge in [-0.15, -0.1) is 11.3 Å². The van der Waals surface area contributed by atoms with Crippen molar-refractivity contribution < 1.29 is 4.79 Å². The molecule has 2 aromatic heterocycles. The van der Waals surface area contributed by atoms with Crippen molar-refractivity contribution in [1.29, 1.82) is 0 Å². The lowest BCUT2D eigenvalue weighted by Crippen LogP contribution is -2.22. The number of benzene rings is 1. The summed E-state index contributed by atoms with van der Waals surface area (Å²) in [6, 6.07) is 9.61. The Hall–Kier alpha value is -2.12. The smallest absolute Gasteiger partial charge is 0.272 e. The first-order valence-electron chi connectivity index (χ1n) is 8.12. The number of fused-ring (bicyclic) bond motifs is 1. The Bertz CT molecular complexity index is 962. The molecule has 0 fully saturated rings.